The molecule has 1 unspecified atom stereocenters. The maximum atomic E-state index is 12.4. The Morgan fingerprint density at radius 2 is 1.95 bits per heavy atom. The monoisotopic (exact) mass is 313 g/mol. The minimum atomic E-state index is -0.509. The normalized spacial score (nSPS) is 18.1. The summed E-state index contributed by atoms with van der Waals surface area (Å²) in [5.41, 5.74) is 1.14. The van der Waals surface area contributed by atoms with E-state index in [1.807, 2.05) is 47.8 Å². The van der Waals surface area contributed by atoms with Gasteiger partial charge in [0.2, 0.25) is 0 Å². The first-order valence-electron chi connectivity index (χ1n) is 6.92. The van der Waals surface area contributed by atoms with Crippen LogP contribution in [-0.4, -0.2) is 21.7 Å². The number of benzene rings is 1. The number of thiophene rings is 1. The van der Waals surface area contributed by atoms with Gasteiger partial charge in [-0.3, -0.25) is 9.59 Å². The summed E-state index contributed by atoms with van der Waals surface area (Å²) in [6, 6.07) is 12.8. The van der Waals surface area contributed by atoms with Crippen LogP contribution in [0.3, 0.4) is 0 Å². The summed E-state index contributed by atoms with van der Waals surface area (Å²) in [4.78, 5) is 26.7. The highest BCUT2D eigenvalue weighted by atomic mass is 32.1. The number of Topliss-reactive ketones (excluding diaryl/α,β-unsaturated/α-hetero) is 1. The smallest absolute Gasteiger partial charge is 0.290 e. The Labute approximate surface area is 132 Å². The van der Waals surface area contributed by atoms with Crippen LogP contribution < -0.4 is 0 Å². The maximum Gasteiger partial charge on any atom is 0.290 e. The minimum Gasteiger partial charge on any atom is -0.503 e. The third-order valence-corrected chi connectivity index (χ3v) is 4.62. The van der Waals surface area contributed by atoms with Crippen LogP contribution in [0.4, 0.5) is 0 Å². The molecule has 4 nitrogen and oxygen atoms in total. The number of aliphatic hydroxyl groups excluding tert-OH is 1. The van der Waals surface area contributed by atoms with Crippen LogP contribution in [0.25, 0.3) is 0 Å². The van der Waals surface area contributed by atoms with E-state index in [1.54, 1.807) is 4.90 Å². The molecule has 0 aliphatic carbocycles. The van der Waals surface area contributed by atoms with Gasteiger partial charge in [-0.25, -0.2) is 0 Å². The molecule has 2 heterocycles. The van der Waals surface area contributed by atoms with E-state index in [-0.39, 0.29) is 11.4 Å². The second-order valence-electron chi connectivity index (χ2n) is 5.16. The van der Waals surface area contributed by atoms with Gasteiger partial charge in [0.05, 0.1) is 11.6 Å². The van der Waals surface area contributed by atoms with E-state index in [4.69, 9.17) is 0 Å². The Bertz CT molecular complexity index is 735. The molecule has 1 N–H and O–H groups in total. The highest BCUT2D eigenvalue weighted by molar-refractivity contribution is 7.10. The van der Waals surface area contributed by atoms with E-state index >= 15 is 0 Å². The van der Waals surface area contributed by atoms with E-state index in [9.17, 15) is 14.7 Å². The van der Waals surface area contributed by atoms with Crippen molar-refractivity contribution >= 4 is 23.0 Å². The van der Waals surface area contributed by atoms with Crippen molar-refractivity contribution in [3.05, 3.63) is 69.6 Å². The third kappa shape index (κ3) is 2.44. The summed E-state index contributed by atoms with van der Waals surface area (Å²) >= 11 is 1.47. The Kier molecular flexibility index (Phi) is 3.81. The van der Waals surface area contributed by atoms with Crippen LogP contribution >= 0.6 is 11.3 Å². The first-order valence-corrected chi connectivity index (χ1v) is 7.80. The highest BCUT2D eigenvalue weighted by Gasteiger charge is 2.42. The zero-order chi connectivity index (χ0) is 15.7. The quantitative estimate of drug-likeness (QED) is 0.943. The number of ketones is 1. The van der Waals surface area contributed by atoms with Gasteiger partial charge in [-0.05, 0) is 23.9 Å². The number of aliphatic hydroxyl groups is 1. The van der Waals surface area contributed by atoms with Gasteiger partial charge in [0.15, 0.2) is 11.5 Å². The molecule has 0 spiro atoms. The lowest BCUT2D eigenvalue weighted by Gasteiger charge is -2.25. The van der Waals surface area contributed by atoms with Crippen molar-refractivity contribution in [1.29, 1.82) is 0 Å². The van der Waals surface area contributed by atoms with Crippen molar-refractivity contribution < 1.29 is 14.7 Å². The van der Waals surface area contributed by atoms with Crippen molar-refractivity contribution in [2.45, 2.75) is 19.5 Å². The lowest BCUT2D eigenvalue weighted by atomic mass is 10.0. The Hall–Kier alpha value is -2.40. The molecule has 3 rings (SSSR count). The van der Waals surface area contributed by atoms with Crippen LogP contribution in [0, 0.1) is 0 Å². The molecule has 1 aromatic carbocycles. The van der Waals surface area contributed by atoms with Crippen molar-refractivity contribution in [2.75, 3.05) is 0 Å². The molecular formula is C17H15NO3S. The van der Waals surface area contributed by atoms with Crippen LogP contribution in [-0.2, 0) is 16.1 Å². The fourth-order valence-corrected chi connectivity index (χ4v) is 3.54. The SMILES string of the molecule is CC(=O)C1=C(O)C(=O)N(Cc2ccccc2)C1c1cccs1. The van der Waals surface area contributed by atoms with Gasteiger partial charge in [0.25, 0.3) is 5.91 Å². The molecule has 0 bridgehead atoms. The Morgan fingerprint density at radius 1 is 1.23 bits per heavy atom. The molecule has 5 heteroatoms. The Morgan fingerprint density at radius 3 is 2.55 bits per heavy atom. The van der Waals surface area contributed by atoms with Crippen molar-refractivity contribution in [3.63, 3.8) is 0 Å². The lowest BCUT2D eigenvalue weighted by Crippen LogP contribution is -2.30. The summed E-state index contributed by atoms with van der Waals surface area (Å²) in [7, 11) is 0. The van der Waals surface area contributed by atoms with E-state index in [0.29, 0.717) is 6.54 Å². The van der Waals surface area contributed by atoms with E-state index in [2.05, 4.69) is 0 Å². The predicted molar refractivity (Wildman–Crippen MR) is 84.4 cm³/mol. The number of hydrogen-bond donors (Lipinski definition) is 1. The molecule has 0 saturated heterocycles. The fraction of sp³-hybridized carbons (Fsp3) is 0.176. The van der Waals surface area contributed by atoms with Gasteiger partial charge in [0, 0.05) is 11.4 Å². The van der Waals surface area contributed by atoms with Gasteiger partial charge < -0.3 is 10.0 Å². The second kappa shape index (κ2) is 5.77. The maximum absolute atomic E-state index is 12.4. The molecule has 0 fully saturated rings. The molecular weight excluding hydrogens is 298 g/mol. The third-order valence-electron chi connectivity index (χ3n) is 3.69. The number of amides is 1. The van der Waals surface area contributed by atoms with Gasteiger partial charge in [-0.2, -0.15) is 0 Å². The number of carbonyl (C=O) groups excluding carboxylic acids is 2. The van der Waals surface area contributed by atoms with Crippen LogP contribution in [0.15, 0.2) is 59.2 Å². The second-order valence-corrected chi connectivity index (χ2v) is 6.13. The highest BCUT2D eigenvalue weighted by Crippen LogP contribution is 2.40. The van der Waals surface area contributed by atoms with E-state index < -0.39 is 17.7 Å². The van der Waals surface area contributed by atoms with Crippen molar-refractivity contribution in [3.8, 4) is 0 Å². The number of nitrogens with zero attached hydrogens (tertiary/aromatic N) is 1. The molecule has 1 aliphatic heterocycles. The summed E-state index contributed by atoms with van der Waals surface area (Å²) in [5, 5.41) is 12.0. The van der Waals surface area contributed by atoms with Gasteiger partial charge in [-0.1, -0.05) is 36.4 Å². The molecule has 1 amide bonds. The first kappa shape index (κ1) is 14.5. The van der Waals surface area contributed by atoms with Crippen LogP contribution in [0.1, 0.15) is 23.4 Å². The zero-order valence-electron chi connectivity index (χ0n) is 12.0. The molecule has 2 aromatic rings. The largest absolute Gasteiger partial charge is 0.503 e. The molecule has 0 saturated carbocycles. The van der Waals surface area contributed by atoms with Gasteiger partial charge in [-0.15, -0.1) is 11.3 Å². The lowest BCUT2D eigenvalue weighted by molar-refractivity contribution is -0.130. The van der Waals surface area contributed by atoms with Gasteiger partial charge >= 0.3 is 0 Å². The van der Waals surface area contributed by atoms with E-state index in [1.165, 1.54) is 18.3 Å². The summed E-state index contributed by atoms with van der Waals surface area (Å²) in [5.74, 6) is -1.20. The summed E-state index contributed by atoms with van der Waals surface area (Å²) in [6.45, 7) is 1.73. The fourth-order valence-electron chi connectivity index (χ4n) is 2.70. The molecule has 112 valence electrons. The predicted octanol–water partition coefficient (Wildman–Crippen LogP) is 3.23. The average molecular weight is 313 g/mol. The molecule has 22 heavy (non-hydrogen) atoms. The molecule has 1 atom stereocenters. The average Bonchev–Trinajstić information content (AvgIpc) is 3.10. The van der Waals surface area contributed by atoms with Crippen molar-refractivity contribution in [2.24, 2.45) is 0 Å². The van der Waals surface area contributed by atoms with Crippen LogP contribution in [0.2, 0.25) is 0 Å². The van der Waals surface area contributed by atoms with Crippen LogP contribution in [0.5, 0.6) is 0 Å². The first-order chi connectivity index (χ1) is 10.6. The standard InChI is InChI=1S/C17H15NO3S/c1-11(19)14-15(13-8-5-9-22-13)18(17(21)16(14)20)10-12-6-3-2-4-7-12/h2-9,15,20H,10H2,1H3. The topological polar surface area (TPSA) is 57.6 Å². The number of hydrogen-bond acceptors (Lipinski definition) is 4. The number of rotatable bonds is 4. The van der Waals surface area contributed by atoms with Gasteiger partial charge in [0.1, 0.15) is 0 Å². The zero-order valence-corrected chi connectivity index (χ0v) is 12.8. The molecule has 0 radical (unpaired) electrons. The molecule has 1 aliphatic rings. The number of carbonyl (C=O) groups is 2. The Balaban J connectivity index is 2.02. The molecule has 1 aromatic heterocycles. The van der Waals surface area contributed by atoms with Crippen molar-refractivity contribution in [1.82, 2.24) is 4.90 Å². The summed E-state index contributed by atoms with van der Waals surface area (Å²) < 4.78 is 0. The van der Waals surface area contributed by atoms with E-state index in [0.717, 1.165) is 10.4 Å². The minimum absolute atomic E-state index is 0.184. The summed E-state index contributed by atoms with van der Waals surface area (Å²) in [6.07, 6.45) is 0.